The van der Waals surface area contributed by atoms with Crippen molar-refractivity contribution < 1.29 is 20.1 Å². The van der Waals surface area contributed by atoms with Crippen LogP contribution in [0.25, 0.3) is 20.3 Å². The minimum atomic E-state index is 0. The molecule has 1 nitrogen and oxygen atoms in total. The molecule has 0 aliphatic heterocycles. The Labute approximate surface area is 99.1 Å². The maximum atomic E-state index is 4.35. The first-order chi connectivity index (χ1) is 6.45. The van der Waals surface area contributed by atoms with E-state index in [1.807, 2.05) is 24.4 Å². The summed E-state index contributed by atoms with van der Waals surface area (Å²) in [6.07, 6.45) is 1.83. The van der Waals surface area contributed by atoms with E-state index < -0.39 is 0 Å². The molecule has 3 aromatic rings. The minimum Gasteiger partial charge on any atom is -0.303 e. The van der Waals surface area contributed by atoms with Crippen LogP contribution in [0.3, 0.4) is 0 Å². The zero-order valence-electron chi connectivity index (χ0n) is 7.15. The third-order valence-corrected chi connectivity index (χ3v) is 3.15. The van der Waals surface area contributed by atoms with Gasteiger partial charge in [0.25, 0.3) is 0 Å². The van der Waals surface area contributed by atoms with Crippen molar-refractivity contribution in [1.82, 2.24) is 4.98 Å². The van der Waals surface area contributed by atoms with Gasteiger partial charge in [0.1, 0.15) is 0 Å². The molecule has 0 fully saturated rings. The first-order valence-corrected chi connectivity index (χ1v) is 4.91. The van der Waals surface area contributed by atoms with Gasteiger partial charge in [-0.2, -0.15) is 11.3 Å². The molecule has 0 saturated heterocycles. The minimum absolute atomic E-state index is 0. The van der Waals surface area contributed by atoms with E-state index in [2.05, 4.69) is 23.2 Å². The summed E-state index contributed by atoms with van der Waals surface area (Å²) in [7, 11) is 0. The predicted octanol–water partition coefficient (Wildman–Crippen LogP) is 3.25. The quantitative estimate of drug-likeness (QED) is 0.549. The Morgan fingerprint density at radius 3 is 2.93 bits per heavy atom. The van der Waals surface area contributed by atoms with Crippen molar-refractivity contribution in [2.45, 2.75) is 0 Å². The topological polar surface area (TPSA) is 12.9 Å². The Morgan fingerprint density at radius 1 is 1.14 bits per heavy atom. The van der Waals surface area contributed by atoms with Crippen LogP contribution in [0.4, 0.5) is 0 Å². The summed E-state index contributed by atoms with van der Waals surface area (Å²) >= 11 is 1.77. The number of fused-ring (bicyclic) bond motifs is 3. The second kappa shape index (κ2) is 3.77. The van der Waals surface area contributed by atoms with Crippen LogP contribution in [0.1, 0.15) is 0 Å². The maximum Gasteiger partial charge on any atom is 0.0161 e. The number of hydrogen-bond donors (Lipinski definition) is 0. The van der Waals surface area contributed by atoms with Crippen LogP contribution in [0.5, 0.6) is 0 Å². The van der Waals surface area contributed by atoms with Crippen molar-refractivity contribution in [3.63, 3.8) is 0 Å². The molecule has 3 rings (SSSR count). The van der Waals surface area contributed by atoms with Gasteiger partial charge in [-0.15, -0.1) is 29.7 Å². The summed E-state index contributed by atoms with van der Waals surface area (Å²) in [6.45, 7) is 0. The SMILES string of the molecule is [Ir].[c-]1cccc2sc3cccnc3c12. The fourth-order valence-electron chi connectivity index (χ4n) is 1.47. The van der Waals surface area contributed by atoms with Crippen LogP contribution in [-0.4, -0.2) is 4.98 Å². The van der Waals surface area contributed by atoms with Crippen LogP contribution in [0, 0.1) is 6.07 Å². The molecule has 2 aromatic heterocycles. The van der Waals surface area contributed by atoms with Gasteiger partial charge < -0.3 is 4.98 Å². The van der Waals surface area contributed by atoms with Gasteiger partial charge in [-0.25, -0.2) is 0 Å². The van der Waals surface area contributed by atoms with Gasteiger partial charge in [0, 0.05) is 36.5 Å². The van der Waals surface area contributed by atoms with E-state index in [-0.39, 0.29) is 20.1 Å². The smallest absolute Gasteiger partial charge is 0.0161 e. The fraction of sp³-hybridized carbons (Fsp3) is 0. The molecule has 0 unspecified atom stereocenters. The summed E-state index contributed by atoms with van der Waals surface area (Å²) < 4.78 is 2.50. The van der Waals surface area contributed by atoms with E-state index in [0.717, 1.165) is 10.9 Å². The van der Waals surface area contributed by atoms with Gasteiger partial charge in [0.15, 0.2) is 0 Å². The molecule has 14 heavy (non-hydrogen) atoms. The largest absolute Gasteiger partial charge is 0.303 e. The summed E-state index contributed by atoms with van der Waals surface area (Å²) in [5, 5.41) is 1.14. The number of rotatable bonds is 0. The Hall–Kier alpha value is -0.761. The summed E-state index contributed by atoms with van der Waals surface area (Å²) in [5.74, 6) is 0. The number of hydrogen-bond acceptors (Lipinski definition) is 2. The molecule has 0 aliphatic rings. The molecule has 0 bridgehead atoms. The van der Waals surface area contributed by atoms with Crippen LogP contribution in [-0.2, 0) is 20.1 Å². The van der Waals surface area contributed by atoms with Gasteiger partial charge >= 0.3 is 0 Å². The molecule has 2 heterocycles. The molecule has 3 heteroatoms. The van der Waals surface area contributed by atoms with E-state index in [9.17, 15) is 0 Å². The second-order valence-electron chi connectivity index (χ2n) is 2.86. The molecular formula is C11H6IrNS-. The van der Waals surface area contributed by atoms with Gasteiger partial charge in [-0.3, -0.25) is 0 Å². The fourth-order valence-corrected chi connectivity index (χ4v) is 2.51. The third-order valence-electron chi connectivity index (χ3n) is 2.05. The van der Waals surface area contributed by atoms with Crippen LogP contribution < -0.4 is 0 Å². The van der Waals surface area contributed by atoms with Crippen molar-refractivity contribution in [1.29, 1.82) is 0 Å². The van der Waals surface area contributed by atoms with Crippen molar-refractivity contribution >= 4 is 31.6 Å². The standard InChI is InChI=1S/C11H6NS.Ir/c1-2-5-9-8(4-1)11-10(13-9)6-3-7-12-11;/h1-3,5-7H;/q-1;. The Balaban J connectivity index is 0.000000750. The molecular weight excluding hydrogens is 370 g/mol. The normalized spacial score (nSPS) is 10.3. The zero-order valence-corrected chi connectivity index (χ0v) is 10.4. The van der Waals surface area contributed by atoms with E-state index in [1.54, 1.807) is 11.3 Å². The molecule has 0 atom stereocenters. The summed E-state index contributed by atoms with van der Waals surface area (Å²) in [6, 6.07) is 13.3. The van der Waals surface area contributed by atoms with Gasteiger partial charge in [-0.05, 0) is 6.07 Å². The van der Waals surface area contributed by atoms with Crippen molar-refractivity contribution in [2.75, 3.05) is 0 Å². The Morgan fingerprint density at radius 2 is 2.00 bits per heavy atom. The van der Waals surface area contributed by atoms with E-state index >= 15 is 0 Å². The summed E-state index contributed by atoms with van der Waals surface area (Å²) in [4.78, 5) is 4.35. The third kappa shape index (κ3) is 1.38. The first kappa shape index (κ1) is 9.78. The van der Waals surface area contributed by atoms with E-state index in [1.165, 1.54) is 9.40 Å². The first-order valence-electron chi connectivity index (χ1n) is 4.09. The predicted molar refractivity (Wildman–Crippen MR) is 56.0 cm³/mol. The maximum absolute atomic E-state index is 4.35. The van der Waals surface area contributed by atoms with Gasteiger partial charge in [-0.1, -0.05) is 10.8 Å². The molecule has 0 spiro atoms. The number of benzene rings is 1. The Kier molecular flexibility index (Phi) is 2.64. The van der Waals surface area contributed by atoms with E-state index in [4.69, 9.17) is 0 Å². The number of pyridine rings is 1. The molecule has 1 aromatic carbocycles. The van der Waals surface area contributed by atoms with Crippen LogP contribution >= 0.6 is 11.3 Å². The van der Waals surface area contributed by atoms with Gasteiger partial charge in [0.2, 0.25) is 0 Å². The summed E-state index contributed by atoms with van der Waals surface area (Å²) in [5.41, 5.74) is 1.07. The Bertz CT molecular complexity index is 523. The number of thiophene rings is 1. The van der Waals surface area contributed by atoms with E-state index in [0.29, 0.717) is 0 Å². The van der Waals surface area contributed by atoms with Crippen LogP contribution in [0.2, 0.25) is 0 Å². The van der Waals surface area contributed by atoms with Crippen LogP contribution in [0.15, 0.2) is 36.5 Å². The monoisotopic (exact) mass is 377 g/mol. The molecule has 71 valence electrons. The van der Waals surface area contributed by atoms with Crippen molar-refractivity contribution in [3.05, 3.63) is 42.6 Å². The van der Waals surface area contributed by atoms with Crippen molar-refractivity contribution in [2.24, 2.45) is 0 Å². The molecule has 0 aliphatic carbocycles. The average Bonchev–Trinajstić information content (AvgIpc) is 2.56. The molecule has 0 N–H and O–H groups in total. The number of nitrogens with zero attached hydrogens (tertiary/aromatic N) is 1. The van der Waals surface area contributed by atoms with Gasteiger partial charge in [0.05, 0.1) is 0 Å². The molecule has 0 saturated carbocycles. The molecule has 1 radical (unpaired) electrons. The molecule has 0 amide bonds. The second-order valence-corrected chi connectivity index (χ2v) is 3.95. The zero-order chi connectivity index (χ0) is 8.67. The number of aromatic nitrogens is 1. The van der Waals surface area contributed by atoms with Crippen molar-refractivity contribution in [3.8, 4) is 0 Å². The average molecular weight is 376 g/mol.